The number of urea groups is 1. The summed E-state index contributed by atoms with van der Waals surface area (Å²) in [5.41, 5.74) is -1.04. The first-order valence-corrected chi connectivity index (χ1v) is 6.32. The lowest BCUT2D eigenvalue weighted by Gasteiger charge is -2.38. The third-order valence-electron chi connectivity index (χ3n) is 2.97. The van der Waals surface area contributed by atoms with Gasteiger partial charge in [0.15, 0.2) is 0 Å². The summed E-state index contributed by atoms with van der Waals surface area (Å²) in [4.78, 5) is 23.6. The standard InChI is InChI=1S/C11H14N2O3S/c14-9(15)11(4-2-5-11)13-10(16)12-7-8-3-1-6-17-8/h1,3,6H,2,4-5,7H2,(H,14,15)(H2,12,13,16). The normalized spacial score (nSPS) is 16.9. The van der Waals surface area contributed by atoms with E-state index in [-0.39, 0.29) is 0 Å². The highest BCUT2D eigenvalue weighted by molar-refractivity contribution is 7.09. The van der Waals surface area contributed by atoms with E-state index < -0.39 is 17.5 Å². The zero-order valence-corrected chi connectivity index (χ0v) is 10.0. The number of hydrogen-bond acceptors (Lipinski definition) is 3. The highest BCUT2D eigenvalue weighted by atomic mass is 32.1. The summed E-state index contributed by atoms with van der Waals surface area (Å²) in [6.07, 6.45) is 1.86. The molecule has 0 aromatic carbocycles. The Bertz CT molecular complexity index is 412. The van der Waals surface area contributed by atoms with Crippen LogP contribution in [0.3, 0.4) is 0 Å². The van der Waals surface area contributed by atoms with Crippen molar-refractivity contribution in [3.8, 4) is 0 Å². The summed E-state index contributed by atoms with van der Waals surface area (Å²) in [6, 6.07) is 3.41. The molecule has 0 bridgehead atoms. The maximum absolute atomic E-state index is 11.6. The van der Waals surface area contributed by atoms with Gasteiger partial charge in [-0.3, -0.25) is 0 Å². The van der Waals surface area contributed by atoms with Gasteiger partial charge in [0.25, 0.3) is 0 Å². The molecule has 0 spiro atoms. The fourth-order valence-corrected chi connectivity index (χ4v) is 2.41. The van der Waals surface area contributed by atoms with E-state index in [0.717, 1.165) is 11.3 Å². The summed E-state index contributed by atoms with van der Waals surface area (Å²) < 4.78 is 0. The molecule has 1 saturated carbocycles. The summed E-state index contributed by atoms with van der Waals surface area (Å²) in [6.45, 7) is 0.430. The second kappa shape index (κ2) is 4.75. The molecule has 1 aliphatic rings. The molecule has 6 heteroatoms. The molecule has 2 amide bonds. The quantitative estimate of drug-likeness (QED) is 0.763. The molecule has 2 rings (SSSR count). The number of nitrogens with one attached hydrogen (secondary N) is 2. The van der Waals surface area contributed by atoms with Crippen molar-refractivity contribution < 1.29 is 14.7 Å². The van der Waals surface area contributed by atoms with Crippen LogP contribution in [-0.2, 0) is 11.3 Å². The minimum Gasteiger partial charge on any atom is -0.480 e. The van der Waals surface area contributed by atoms with Gasteiger partial charge in [-0.2, -0.15) is 0 Å². The van der Waals surface area contributed by atoms with Crippen LogP contribution < -0.4 is 10.6 Å². The van der Waals surface area contributed by atoms with Crippen LogP contribution in [0.1, 0.15) is 24.1 Å². The van der Waals surface area contributed by atoms with Gasteiger partial charge < -0.3 is 15.7 Å². The first-order valence-electron chi connectivity index (χ1n) is 5.44. The Hall–Kier alpha value is -1.56. The average Bonchev–Trinajstić information content (AvgIpc) is 2.72. The second-order valence-corrected chi connectivity index (χ2v) is 5.16. The zero-order valence-electron chi connectivity index (χ0n) is 9.23. The van der Waals surface area contributed by atoms with Crippen LogP contribution in [0.2, 0.25) is 0 Å². The lowest BCUT2D eigenvalue weighted by Crippen LogP contribution is -2.61. The molecular weight excluding hydrogens is 240 g/mol. The number of aliphatic carboxylic acids is 1. The van der Waals surface area contributed by atoms with Gasteiger partial charge in [0.2, 0.25) is 0 Å². The fourth-order valence-electron chi connectivity index (χ4n) is 1.76. The van der Waals surface area contributed by atoms with Crippen molar-refractivity contribution >= 4 is 23.3 Å². The lowest BCUT2D eigenvalue weighted by atomic mass is 9.77. The lowest BCUT2D eigenvalue weighted by molar-refractivity contribution is -0.148. The molecule has 0 radical (unpaired) electrons. The van der Waals surface area contributed by atoms with E-state index in [4.69, 9.17) is 5.11 Å². The van der Waals surface area contributed by atoms with Crippen molar-refractivity contribution in [1.82, 2.24) is 10.6 Å². The van der Waals surface area contributed by atoms with Crippen LogP contribution in [0.4, 0.5) is 4.79 Å². The Labute approximate surface area is 103 Å². The maximum atomic E-state index is 11.6. The van der Waals surface area contributed by atoms with Crippen LogP contribution in [-0.4, -0.2) is 22.6 Å². The Kier molecular flexibility index (Phi) is 3.33. The summed E-state index contributed by atoms with van der Waals surface area (Å²) >= 11 is 1.55. The molecule has 17 heavy (non-hydrogen) atoms. The number of carboxylic acids is 1. The Balaban J connectivity index is 1.83. The van der Waals surface area contributed by atoms with E-state index in [9.17, 15) is 9.59 Å². The van der Waals surface area contributed by atoms with Crippen LogP contribution in [0.5, 0.6) is 0 Å². The van der Waals surface area contributed by atoms with Gasteiger partial charge >= 0.3 is 12.0 Å². The molecule has 3 N–H and O–H groups in total. The number of thiophene rings is 1. The Morgan fingerprint density at radius 1 is 1.47 bits per heavy atom. The number of rotatable bonds is 4. The third-order valence-corrected chi connectivity index (χ3v) is 3.85. The second-order valence-electron chi connectivity index (χ2n) is 4.13. The van der Waals surface area contributed by atoms with Gasteiger partial charge in [-0.05, 0) is 30.7 Å². The van der Waals surface area contributed by atoms with Gasteiger partial charge in [0, 0.05) is 4.88 Å². The molecule has 0 aliphatic heterocycles. The van der Waals surface area contributed by atoms with Crippen LogP contribution in [0, 0.1) is 0 Å². The summed E-state index contributed by atoms with van der Waals surface area (Å²) in [5.74, 6) is -0.949. The molecule has 0 saturated heterocycles. The van der Waals surface area contributed by atoms with E-state index >= 15 is 0 Å². The Morgan fingerprint density at radius 3 is 2.71 bits per heavy atom. The van der Waals surface area contributed by atoms with Gasteiger partial charge in [0.1, 0.15) is 5.54 Å². The number of carbonyl (C=O) groups is 2. The van der Waals surface area contributed by atoms with Crippen molar-refractivity contribution in [2.24, 2.45) is 0 Å². The molecule has 92 valence electrons. The van der Waals surface area contributed by atoms with Gasteiger partial charge in [-0.25, -0.2) is 9.59 Å². The number of amides is 2. The highest BCUT2D eigenvalue weighted by Crippen LogP contribution is 2.31. The molecular formula is C11H14N2O3S. The molecule has 0 atom stereocenters. The number of carboxylic acid groups (broad SMARTS) is 1. The van der Waals surface area contributed by atoms with E-state index in [1.165, 1.54) is 0 Å². The van der Waals surface area contributed by atoms with Crippen molar-refractivity contribution in [1.29, 1.82) is 0 Å². The minimum absolute atomic E-state index is 0.416. The SMILES string of the molecule is O=C(NCc1cccs1)NC1(C(=O)O)CCC1. The van der Waals surface area contributed by atoms with E-state index in [1.807, 2.05) is 17.5 Å². The van der Waals surface area contributed by atoms with Gasteiger partial charge in [-0.1, -0.05) is 6.07 Å². The highest BCUT2D eigenvalue weighted by Gasteiger charge is 2.45. The van der Waals surface area contributed by atoms with E-state index in [0.29, 0.717) is 19.4 Å². The Morgan fingerprint density at radius 2 is 2.24 bits per heavy atom. The van der Waals surface area contributed by atoms with Gasteiger partial charge in [-0.15, -0.1) is 11.3 Å². The number of hydrogen-bond donors (Lipinski definition) is 3. The molecule has 1 aromatic rings. The summed E-state index contributed by atoms with van der Waals surface area (Å²) in [5, 5.41) is 16.2. The van der Waals surface area contributed by atoms with Crippen LogP contribution in [0.15, 0.2) is 17.5 Å². The number of carbonyl (C=O) groups excluding carboxylic acids is 1. The van der Waals surface area contributed by atoms with E-state index in [2.05, 4.69) is 10.6 Å². The zero-order chi connectivity index (χ0) is 12.3. The van der Waals surface area contributed by atoms with Crippen molar-refractivity contribution in [2.45, 2.75) is 31.3 Å². The van der Waals surface area contributed by atoms with Crippen molar-refractivity contribution in [3.63, 3.8) is 0 Å². The first kappa shape index (κ1) is 11.9. The largest absolute Gasteiger partial charge is 0.480 e. The molecule has 1 heterocycles. The summed E-state index contributed by atoms with van der Waals surface area (Å²) in [7, 11) is 0. The smallest absolute Gasteiger partial charge is 0.329 e. The molecule has 5 nitrogen and oxygen atoms in total. The average molecular weight is 254 g/mol. The van der Waals surface area contributed by atoms with Crippen LogP contribution >= 0.6 is 11.3 Å². The predicted molar refractivity (Wildman–Crippen MR) is 63.9 cm³/mol. The van der Waals surface area contributed by atoms with Crippen molar-refractivity contribution in [3.05, 3.63) is 22.4 Å². The van der Waals surface area contributed by atoms with Crippen molar-refractivity contribution in [2.75, 3.05) is 0 Å². The third kappa shape index (κ3) is 2.58. The molecule has 0 unspecified atom stereocenters. The minimum atomic E-state index is -1.04. The van der Waals surface area contributed by atoms with E-state index in [1.54, 1.807) is 11.3 Å². The first-order chi connectivity index (χ1) is 8.12. The topological polar surface area (TPSA) is 78.4 Å². The predicted octanol–water partition coefficient (Wildman–Crippen LogP) is 1.55. The van der Waals surface area contributed by atoms with Crippen LogP contribution in [0.25, 0.3) is 0 Å². The maximum Gasteiger partial charge on any atom is 0.329 e. The van der Waals surface area contributed by atoms with Gasteiger partial charge in [0.05, 0.1) is 6.54 Å². The molecule has 1 aliphatic carbocycles. The fraction of sp³-hybridized carbons (Fsp3) is 0.455. The molecule has 1 aromatic heterocycles. The monoisotopic (exact) mass is 254 g/mol. The molecule has 1 fully saturated rings.